The third kappa shape index (κ3) is 3.50. The Bertz CT molecular complexity index is 779. The fourth-order valence-corrected chi connectivity index (χ4v) is 4.57. The van der Waals surface area contributed by atoms with Crippen molar-refractivity contribution in [1.82, 2.24) is 14.8 Å². The Morgan fingerprint density at radius 1 is 1.08 bits per heavy atom. The van der Waals surface area contributed by atoms with E-state index in [2.05, 4.69) is 9.88 Å². The van der Waals surface area contributed by atoms with Crippen LogP contribution in [0.15, 0.2) is 30.3 Å². The number of carbonyl (C=O) groups excluding carboxylic acids is 2. The minimum Gasteiger partial charge on any atom is -0.336 e. The van der Waals surface area contributed by atoms with Crippen molar-refractivity contribution in [2.75, 3.05) is 26.2 Å². The van der Waals surface area contributed by atoms with Crippen LogP contribution in [-0.2, 0) is 13.0 Å². The molecule has 1 aliphatic heterocycles. The third-order valence-corrected chi connectivity index (χ3v) is 5.97. The van der Waals surface area contributed by atoms with Crippen LogP contribution in [0.3, 0.4) is 0 Å². The third-order valence-electron chi connectivity index (χ3n) is 4.85. The van der Waals surface area contributed by atoms with Crippen LogP contribution in [0.5, 0.6) is 0 Å². The van der Waals surface area contributed by atoms with Gasteiger partial charge in [0.1, 0.15) is 5.01 Å². The van der Waals surface area contributed by atoms with Crippen molar-refractivity contribution in [2.45, 2.75) is 25.8 Å². The van der Waals surface area contributed by atoms with E-state index in [-0.39, 0.29) is 11.7 Å². The van der Waals surface area contributed by atoms with E-state index in [0.29, 0.717) is 6.42 Å². The monoisotopic (exact) mass is 355 g/mol. The van der Waals surface area contributed by atoms with Gasteiger partial charge in [0.25, 0.3) is 5.91 Å². The molecule has 6 heteroatoms. The van der Waals surface area contributed by atoms with Gasteiger partial charge in [-0.1, -0.05) is 18.2 Å². The van der Waals surface area contributed by atoms with Gasteiger partial charge in [-0.05, 0) is 25.0 Å². The highest BCUT2D eigenvalue weighted by Crippen LogP contribution is 2.27. The quantitative estimate of drug-likeness (QED) is 0.849. The number of benzene rings is 1. The summed E-state index contributed by atoms with van der Waals surface area (Å²) in [6.07, 6.45) is 2.51. The molecule has 1 aromatic carbocycles. The molecule has 0 bridgehead atoms. The van der Waals surface area contributed by atoms with Crippen LogP contribution < -0.4 is 0 Å². The molecule has 4 rings (SSSR count). The molecule has 25 heavy (non-hydrogen) atoms. The summed E-state index contributed by atoms with van der Waals surface area (Å²) in [6.45, 7) is 3.93. The zero-order valence-corrected chi connectivity index (χ0v) is 14.9. The molecule has 2 aromatic rings. The summed E-state index contributed by atoms with van der Waals surface area (Å²) in [7, 11) is 0. The lowest BCUT2D eigenvalue weighted by molar-refractivity contribution is 0.0628. The molecule has 2 aliphatic rings. The number of fused-ring (bicyclic) bond motifs is 1. The normalized spacial score (nSPS) is 18.2. The van der Waals surface area contributed by atoms with E-state index in [1.807, 2.05) is 35.2 Å². The lowest BCUT2D eigenvalue weighted by Gasteiger charge is -2.34. The van der Waals surface area contributed by atoms with Gasteiger partial charge in [0.15, 0.2) is 5.78 Å². The van der Waals surface area contributed by atoms with Gasteiger partial charge in [0, 0.05) is 38.2 Å². The lowest BCUT2D eigenvalue weighted by Crippen LogP contribution is -2.48. The van der Waals surface area contributed by atoms with Crippen molar-refractivity contribution in [3.8, 4) is 0 Å². The molecule has 1 amide bonds. The molecule has 0 N–H and O–H groups in total. The second-order valence-corrected chi connectivity index (χ2v) is 7.68. The van der Waals surface area contributed by atoms with E-state index in [9.17, 15) is 9.59 Å². The summed E-state index contributed by atoms with van der Waals surface area (Å²) in [6, 6.07) is 9.45. The zero-order valence-electron chi connectivity index (χ0n) is 14.1. The summed E-state index contributed by atoms with van der Waals surface area (Å²) in [5.74, 6) is 0.360. The van der Waals surface area contributed by atoms with Gasteiger partial charge in [-0.25, -0.2) is 4.98 Å². The smallest absolute Gasteiger partial charge is 0.253 e. The van der Waals surface area contributed by atoms with Crippen LogP contribution in [-0.4, -0.2) is 52.7 Å². The topological polar surface area (TPSA) is 53.5 Å². The number of aryl methyl sites for hydroxylation is 1. The number of hydrogen-bond acceptors (Lipinski definition) is 5. The summed E-state index contributed by atoms with van der Waals surface area (Å²) in [5.41, 5.74) is 1.75. The van der Waals surface area contributed by atoms with E-state index in [1.54, 1.807) is 11.3 Å². The van der Waals surface area contributed by atoms with Crippen LogP contribution in [0.1, 0.15) is 43.6 Å². The number of hydrogen-bond donors (Lipinski definition) is 0. The second kappa shape index (κ2) is 7.06. The van der Waals surface area contributed by atoms with Crippen molar-refractivity contribution in [1.29, 1.82) is 0 Å². The highest BCUT2D eigenvalue weighted by atomic mass is 32.1. The molecule has 5 nitrogen and oxygen atoms in total. The Morgan fingerprint density at radius 2 is 1.84 bits per heavy atom. The van der Waals surface area contributed by atoms with Gasteiger partial charge in [0.2, 0.25) is 0 Å². The molecule has 0 unspecified atom stereocenters. The molecule has 0 saturated carbocycles. The molecule has 0 spiro atoms. The van der Waals surface area contributed by atoms with Crippen LogP contribution >= 0.6 is 11.3 Å². The molecular weight excluding hydrogens is 334 g/mol. The zero-order chi connectivity index (χ0) is 17.2. The average molecular weight is 355 g/mol. The van der Waals surface area contributed by atoms with Gasteiger partial charge in [-0.15, -0.1) is 11.3 Å². The summed E-state index contributed by atoms with van der Waals surface area (Å²) in [5, 5.41) is 1.03. The SMILES string of the molecule is O=C1CCCc2nc(CN3CCN(C(=O)c4ccccc4)CC3)sc21. The molecule has 2 heterocycles. The van der Waals surface area contributed by atoms with Gasteiger partial charge >= 0.3 is 0 Å². The predicted molar refractivity (Wildman–Crippen MR) is 97.0 cm³/mol. The molecule has 1 aromatic heterocycles. The van der Waals surface area contributed by atoms with Gasteiger partial charge in [-0.2, -0.15) is 0 Å². The van der Waals surface area contributed by atoms with E-state index in [0.717, 1.165) is 66.7 Å². The number of ketones is 1. The van der Waals surface area contributed by atoms with Crippen molar-refractivity contribution in [2.24, 2.45) is 0 Å². The molecule has 0 radical (unpaired) electrons. The highest BCUT2D eigenvalue weighted by Gasteiger charge is 2.25. The average Bonchev–Trinajstić information content (AvgIpc) is 3.06. The molecule has 1 aliphatic carbocycles. The number of rotatable bonds is 3. The van der Waals surface area contributed by atoms with E-state index in [1.165, 1.54) is 0 Å². The Labute approximate surface area is 151 Å². The number of thiazole rings is 1. The fraction of sp³-hybridized carbons (Fsp3) is 0.421. The molecular formula is C19H21N3O2S. The number of nitrogens with zero attached hydrogens (tertiary/aromatic N) is 3. The van der Waals surface area contributed by atoms with Crippen molar-refractivity contribution in [3.05, 3.63) is 51.5 Å². The maximum Gasteiger partial charge on any atom is 0.253 e. The maximum absolute atomic E-state index is 12.5. The van der Waals surface area contributed by atoms with E-state index < -0.39 is 0 Å². The van der Waals surface area contributed by atoms with Crippen LogP contribution in [0, 0.1) is 0 Å². The first-order valence-electron chi connectivity index (χ1n) is 8.79. The van der Waals surface area contributed by atoms with Gasteiger partial charge in [-0.3, -0.25) is 14.5 Å². The first-order chi connectivity index (χ1) is 12.2. The number of amides is 1. The molecule has 1 saturated heterocycles. The summed E-state index contributed by atoms with van der Waals surface area (Å²) in [4.78, 5) is 34.2. The predicted octanol–water partition coefficient (Wildman–Crippen LogP) is 2.62. The summed E-state index contributed by atoms with van der Waals surface area (Å²) >= 11 is 1.56. The Balaban J connectivity index is 1.35. The standard InChI is InChI=1S/C19H21N3O2S/c23-16-8-4-7-15-18(16)25-17(20-15)13-21-9-11-22(12-10-21)19(24)14-5-2-1-3-6-14/h1-3,5-6H,4,7-13H2. The Kier molecular flexibility index (Phi) is 4.63. The van der Waals surface area contributed by atoms with E-state index in [4.69, 9.17) is 0 Å². The van der Waals surface area contributed by atoms with Gasteiger partial charge < -0.3 is 4.90 Å². The van der Waals surface area contributed by atoms with Crippen LogP contribution in [0.25, 0.3) is 0 Å². The van der Waals surface area contributed by atoms with Crippen molar-refractivity contribution >= 4 is 23.0 Å². The number of Topliss-reactive ketones (excluding diaryl/α,β-unsaturated/α-hetero) is 1. The van der Waals surface area contributed by atoms with Gasteiger partial charge in [0.05, 0.1) is 17.1 Å². The second-order valence-electron chi connectivity index (χ2n) is 6.59. The van der Waals surface area contributed by atoms with Crippen molar-refractivity contribution < 1.29 is 9.59 Å². The number of piperazine rings is 1. The summed E-state index contributed by atoms with van der Waals surface area (Å²) < 4.78 is 0. The minimum atomic E-state index is 0.107. The maximum atomic E-state index is 12.5. The molecule has 0 atom stereocenters. The number of carbonyl (C=O) groups is 2. The van der Waals surface area contributed by atoms with Crippen molar-refractivity contribution in [3.63, 3.8) is 0 Å². The van der Waals surface area contributed by atoms with Crippen LogP contribution in [0.2, 0.25) is 0 Å². The molecule has 130 valence electrons. The highest BCUT2D eigenvalue weighted by molar-refractivity contribution is 7.13. The Morgan fingerprint density at radius 3 is 2.56 bits per heavy atom. The largest absolute Gasteiger partial charge is 0.336 e. The van der Waals surface area contributed by atoms with E-state index >= 15 is 0 Å². The lowest BCUT2D eigenvalue weighted by atomic mass is 10.0. The van der Waals surface area contributed by atoms with Crippen LogP contribution in [0.4, 0.5) is 0 Å². The fourth-order valence-electron chi connectivity index (χ4n) is 3.45. The first kappa shape index (κ1) is 16.4. The Hall–Kier alpha value is -2.05. The number of aromatic nitrogens is 1. The minimum absolute atomic E-state index is 0.107. The first-order valence-corrected chi connectivity index (χ1v) is 9.61. The molecule has 1 fully saturated rings.